The van der Waals surface area contributed by atoms with Crippen LogP contribution < -0.4 is 0 Å². The molecule has 0 aromatic heterocycles. The molecule has 1 rings (SSSR count). The minimum atomic E-state index is 0.818. The average Bonchev–Trinajstić information content (AvgIpc) is 2.10. The van der Waals surface area contributed by atoms with Gasteiger partial charge in [-0.15, -0.1) is 0 Å². The minimum absolute atomic E-state index is 0.818. The van der Waals surface area contributed by atoms with Crippen molar-refractivity contribution in [3.63, 3.8) is 0 Å². The van der Waals surface area contributed by atoms with E-state index in [1.807, 2.05) is 0 Å². The zero-order valence-corrected chi connectivity index (χ0v) is 8.42. The third-order valence-electron chi connectivity index (χ3n) is 2.89. The maximum absolute atomic E-state index is 3.96. The molecule has 1 aliphatic rings. The Bertz CT molecular complexity index is 113. The van der Waals surface area contributed by atoms with Crippen LogP contribution in [0.3, 0.4) is 0 Å². The van der Waals surface area contributed by atoms with E-state index >= 15 is 0 Å². The molecule has 0 aliphatic carbocycles. The monoisotopic (exact) mass is 169 g/mol. The fourth-order valence-electron chi connectivity index (χ4n) is 2.02. The Labute approximate surface area is 76.5 Å². The van der Waals surface area contributed by atoms with E-state index in [0.717, 1.165) is 6.04 Å². The highest BCUT2D eigenvalue weighted by molar-refractivity contribution is 4.78. The molecular weight excluding hydrogens is 148 g/mol. The summed E-state index contributed by atoms with van der Waals surface area (Å²) in [6.45, 7) is 9.22. The lowest BCUT2D eigenvalue weighted by Crippen LogP contribution is -2.42. The molecule has 0 atom stereocenters. The van der Waals surface area contributed by atoms with Gasteiger partial charge in [-0.05, 0) is 39.0 Å². The van der Waals surface area contributed by atoms with Crippen LogP contribution in [0.5, 0.6) is 0 Å². The number of likely N-dealkylation sites (tertiary alicyclic amines) is 1. The summed E-state index contributed by atoms with van der Waals surface area (Å²) in [5.74, 6) is 0. The van der Waals surface area contributed by atoms with Gasteiger partial charge in [-0.2, -0.15) is 0 Å². The summed E-state index contributed by atoms with van der Waals surface area (Å²) >= 11 is 0. The van der Waals surface area contributed by atoms with Crippen molar-refractivity contribution in [2.75, 3.05) is 26.2 Å². The second-order valence-corrected chi connectivity index (χ2v) is 3.57. The number of piperidine rings is 1. The largest absolute Gasteiger partial charge is 0.302 e. The molecule has 1 aliphatic heterocycles. The molecule has 0 unspecified atom stereocenters. The van der Waals surface area contributed by atoms with Crippen molar-refractivity contribution in [3.8, 4) is 0 Å². The first-order valence-electron chi connectivity index (χ1n) is 5.07. The van der Waals surface area contributed by atoms with Crippen LogP contribution in [0.4, 0.5) is 0 Å². The molecular formula is C10H21N2. The fourth-order valence-corrected chi connectivity index (χ4v) is 2.02. The van der Waals surface area contributed by atoms with Gasteiger partial charge in [-0.1, -0.05) is 13.8 Å². The van der Waals surface area contributed by atoms with Gasteiger partial charge in [0.15, 0.2) is 0 Å². The van der Waals surface area contributed by atoms with E-state index in [4.69, 9.17) is 0 Å². The third kappa shape index (κ3) is 2.46. The summed E-state index contributed by atoms with van der Waals surface area (Å²) in [4.78, 5) is 4.74. The quantitative estimate of drug-likeness (QED) is 0.633. The predicted octanol–water partition coefficient (Wildman–Crippen LogP) is 1.58. The lowest BCUT2D eigenvalue weighted by molar-refractivity contribution is 0.139. The number of nitrogens with zero attached hydrogens (tertiary/aromatic N) is 2. The Kier molecular flexibility index (Phi) is 4.02. The summed E-state index contributed by atoms with van der Waals surface area (Å²) < 4.78 is 0. The number of hydrogen-bond acceptors (Lipinski definition) is 2. The van der Waals surface area contributed by atoms with Crippen molar-refractivity contribution in [2.24, 2.45) is 0 Å². The maximum atomic E-state index is 3.96. The summed E-state index contributed by atoms with van der Waals surface area (Å²) in [6.07, 6.45) is 2.59. The molecule has 0 saturated carbocycles. The van der Waals surface area contributed by atoms with Crippen molar-refractivity contribution in [3.05, 3.63) is 7.05 Å². The van der Waals surface area contributed by atoms with Crippen LogP contribution in [0.25, 0.3) is 0 Å². The molecule has 1 saturated heterocycles. The van der Waals surface area contributed by atoms with Crippen LogP contribution in [0.2, 0.25) is 0 Å². The van der Waals surface area contributed by atoms with E-state index in [9.17, 15) is 0 Å². The van der Waals surface area contributed by atoms with Gasteiger partial charge >= 0.3 is 0 Å². The average molecular weight is 169 g/mol. The van der Waals surface area contributed by atoms with Crippen LogP contribution in [0.15, 0.2) is 0 Å². The molecule has 2 heteroatoms. The predicted molar refractivity (Wildman–Crippen MR) is 52.9 cm³/mol. The minimum Gasteiger partial charge on any atom is -0.302 e. The van der Waals surface area contributed by atoms with Crippen LogP contribution in [0.1, 0.15) is 26.7 Å². The van der Waals surface area contributed by atoms with E-state index in [2.05, 4.69) is 30.7 Å². The van der Waals surface area contributed by atoms with Gasteiger partial charge in [0.25, 0.3) is 0 Å². The van der Waals surface area contributed by atoms with Crippen molar-refractivity contribution < 1.29 is 0 Å². The highest BCUT2D eigenvalue weighted by Gasteiger charge is 2.20. The number of rotatable bonds is 3. The topological polar surface area (TPSA) is 6.48 Å². The molecule has 0 aromatic rings. The van der Waals surface area contributed by atoms with E-state index in [1.165, 1.54) is 39.0 Å². The Morgan fingerprint density at radius 2 is 1.75 bits per heavy atom. The van der Waals surface area contributed by atoms with Crippen LogP contribution in [-0.2, 0) is 0 Å². The van der Waals surface area contributed by atoms with Gasteiger partial charge in [-0.25, -0.2) is 0 Å². The van der Waals surface area contributed by atoms with Crippen LogP contribution in [0, 0.1) is 7.05 Å². The lowest BCUT2D eigenvalue weighted by Gasteiger charge is -2.36. The summed E-state index contributed by atoms with van der Waals surface area (Å²) in [6, 6.07) is 0.818. The molecule has 0 N–H and O–H groups in total. The smallest absolute Gasteiger partial charge is 0.0119 e. The van der Waals surface area contributed by atoms with Gasteiger partial charge in [0, 0.05) is 13.1 Å². The van der Waals surface area contributed by atoms with Crippen LogP contribution >= 0.6 is 0 Å². The first kappa shape index (κ1) is 10.0. The molecule has 0 bridgehead atoms. The van der Waals surface area contributed by atoms with Gasteiger partial charge in [0.2, 0.25) is 0 Å². The lowest BCUT2D eigenvalue weighted by atomic mass is 10.0. The highest BCUT2D eigenvalue weighted by atomic mass is 15.2. The molecule has 2 nitrogen and oxygen atoms in total. The van der Waals surface area contributed by atoms with Crippen molar-refractivity contribution in [1.29, 1.82) is 0 Å². The molecule has 0 aromatic carbocycles. The highest BCUT2D eigenvalue weighted by Crippen LogP contribution is 2.14. The van der Waals surface area contributed by atoms with Gasteiger partial charge in [-0.3, -0.25) is 0 Å². The van der Waals surface area contributed by atoms with Gasteiger partial charge < -0.3 is 9.80 Å². The molecule has 1 fully saturated rings. The number of hydrogen-bond donors (Lipinski definition) is 0. The Hall–Kier alpha value is -0.0800. The molecule has 1 heterocycles. The standard InChI is InChI=1S/C10H21N2/c1-4-12(5-2)10-6-8-11(3)9-7-10/h10H,3-9H2,1-2H3. The molecule has 12 heavy (non-hydrogen) atoms. The second-order valence-electron chi connectivity index (χ2n) is 3.57. The van der Waals surface area contributed by atoms with Gasteiger partial charge in [0.1, 0.15) is 0 Å². The third-order valence-corrected chi connectivity index (χ3v) is 2.89. The van der Waals surface area contributed by atoms with E-state index in [1.54, 1.807) is 0 Å². The fraction of sp³-hybridized carbons (Fsp3) is 0.900. The first-order valence-corrected chi connectivity index (χ1v) is 5.07. The van der Waals surface area contributed by atoms with Crippen molar-refractivity contribution in [2.45, 2.75) is 32.7 Å². The second kappa shape index (κ2) is 4.83. The molecule has 1 radical (unpaired) electrons. The van der Waals surface area contributed by atoms with Crippen molar-refractivity contribution >= 4 is 0 Å². The Morgan fingerprint density at radius 3 is 2.17 bits per heavy atom. The van der Waals surface area contributed by atoms with Crippen molar-refractivity contribution in [1.82, 2.24) is 9.80 Å². The maximum Gasteiger partial charge on any atom is 0.0119 e. The van der Waals surface area contributed by atoms with E-state index in [0.29, 0.717) is 0 Å². The van der Waals surface area contributed by atoms with Crippen LogP contribution in [-0.4, -0.2) is 42.0 Å². The SMILES string of the molecule is [CH2]N1CCC(N(CC)CC)CC1. The molecule has 0 amide bonds. The summed E-state index contributed by atoms with van der Waals surface area (Å²) in [7, 11) is 3.96. The van der Waals surface area contributed by atoms with E-state index in [-0.39, 0.29) is 0 Å². The normalized spacial score (nSPS) is 22.0. The molecule has 0 spiro atoms. The Morgan fingerprint density at radius 1 is 1.25 bits per heavy atom. The molecule has 71 valence electrons. The Balaban J connectivity index is 2.32. The first-order chi connectivity index (χ1) is 5.77. The zero-order chi connectivity index (χ0) is 8.97. The van der Waals surface area contributed by atoms with Gasteiger partial charge in [0.05, 0.1) is 0 Å². The summed E-state index contributed by atoms with van der Waals surface area (Å²) in [5.41, 5.74) is 0. The zero-order valence-electron chi connectivity index (χ0n) is 8.42. The summed E-state index contributed by atoms with van der Waals surface area (Å²) in [5, 5.41) is 0. The van der Waals surface area contributed by atoms with E-state index < -0.39 is 0 Å².